The SMILES string of the molecule is COc1nc(N(C)C)ccc1-c1cc2c(C(=O)NOc3ccccc3)c[nH]c2cc1Cl. The summed E-state index contributed by atoms with van der Waals surface area (Å²) in [6.45, 7) is 0. The van der Waals surface area contributed by atoms with Gasteiger partial charge in [-0.2, -0.15) is 10.5 Å². The molecule has 158 valence electrons. The molecule has 2 aromatic heterocycles. The molecule has 0 fully saturated rings. The van der Waals surface area contributed by atoms with E-state index < -0.39 is 0 Å². The van der Waals surface area contributed by atoms with Gasteiger partial charge in [0.1, 0.15) is 5.82 Å². The zero-order valence-corrected chi connectivity index (χ0v) is 18.0. The number of rotatable bonds is 6. The number of para-hydroxylation sites is 1. The zero-order chi connectivity index (χ0) is 22.0. The number of amides is 1. The van der Waals surface area contributed by atoms with Crippen LogP contribution in [0.3, 0.4) is 0 Å². The first-order valence-corrected chi connectivity index (χ1v) is 9.91. The third-order valence-electron chi connectivity index (χ3n) is 4.81. The van der Waals surface area contributed by atoms with E-state index in [1.54, 1.807) is 31.5 Å². The quantitative estimate of drug-likeness (QED) is 0.429. The number of hydrogen-bond acceptors (Lipinski definition) is 5. The van der Waals surface area contributed by atoms with E-state index in [0.29, 0.717) is 33.2 Å². The van der Waals surface area contributed by atoms with Crippen molar-refractivity contribution >= 4 is 34.2 Å². The molecule has 0 aliphatic heterocycles. The van der Waals surface area contributed by atoms with Gasteiger partial charge in [-0.25, -0.2) is 0 Å². The van der Waals surface area contributed by atoms with Gasteiger partial charge in [-0.1, -0.05) is 29.8 Å². The fourth-order valence-electron chi connectivity index (χ4n) is 3.23. The summed E-state index contributed by atoms with van der Waals surface area (Å²) < 4.78 is 5.50. The van der Waals surface area contributed by atoms with Gasteiger partial charge in [0.2, 0.25) is 5.88 Å². The molecule has 0 bridgehead atoms. The van der Waals surface area contributed by atoms with E-state index in [4.69, 9.17) is 21.2 Å². The van der Waals surface area contributed by atoms with Crippen LogP contribution in [0.4, 0.5) is 5.82 Å². The molecule has 2 heterocycles. The Hall–Kier alpha value is -3.71. The number of aromatic nitrogens is 2. The van der Waals surface area contributed by atoms with E-state index in [1.807, 2.05) is 55.4 Å². The molecule has 0 aliphatic carbocycles. The summed E-state index contributed by atoms with van der Waals surface area (Å²) in [6.07, 6.45) is 1.62. The number of anilines is 1. The minimum Gasteiger partial charge on any atom is -0.480 e. The molecule has 4 rings (SSSR count). The summed E-state index contributed by atoms with van der Waals surface area (Å²) in [5.41, 5.74) is 5.08. The van der Waals surface area contributed by atoms with Crippen LogP contribution in [0.25, 0.3) is 22.0 Å². The summed E-state index contributed by atoms with van der Waals surface area (Å²) in [4.78, 5) is 27.6. The Bertz CT molecular complexity index is 1240. The average Bonchev–Trinajstić information content (AvgIpc) is 3.19. The number of nitrogens with zero attached hydrogens (tertiary/aromatic N) is 2. The zero-order valence-electron chi connectivity index (χ0n) is 17.3. The lowest BCUT2D eigenvalue weighted by Gasteiger charge is -2.15. The lowest BCUT2D eigenvalue weighted by molar-refractivity contribution is 0.0762. The van der Waals surface area contributed by atoms with E-state index in [0.717, 1.165) is 16.9 Å². The van der Waals surface area contributed by atoms with Crippen molar-refractivity contribution in [2.75, 3.05) is 26.1 Å². The van der Waals surface area contributed by atoms with Crippen LogP contribution in [0.1, 0.15) is 10.4 Å². The number of benzene rings is 2. The smallest absolute Gasteiger partial charge is 0.286 e. The second kappa shape index (κ2) is 8.57. The lowest BCUT2D eigenvalue weighted by Crippen LogP contribution is -2.26. The number of hydrogen-bond donors (Lipinski definition) is 2. The number of carbonyl (C=O) groups is 1. The van der Waals surface area contributed by atoms with Gasteiger partial charge in [0.25, 0.3) is 5.91 Å². The molecule has 0 atom stereocenters. The number of aromatic amines is 1. The maximum atomic E-state index is 12.7. The van der Waals surface area contributed by atoms with Crippen LogP contribution in [-0.4, -0.2) is 37.1 Å². The molecule has 4 aromatic rings. The van der Waals surface area contributed by atoms with Crippen molar-refractivity contribution in [3.8, 4) is 22.8 Å². The molecule has 0 unspecified atom stereocenters. The summed E-state index contributed by atoms with van der Waals surface area (Å²) in [6, 6.07) is 16.4. The minimum atomic E-state index is -0.378. The highest BCUT2D eigenvalue weighted by Crippen LogP contribution is 2.38. The fourth-order valence-corrected chi connectivity index (χ4v) is 3.49. The third-order valence-corrected chi connectivity index (χ3v) is 5.12. The number of hydroxylamine groups is 1. The van der Waals surface area contributed by atoms with Gasteiger partial charge in [0.15, 0.2) is 5.75 Å². The molecule has 2 aromatic carbocycles. The molecule has 0 saturated heterocycles. The summed E-state index contributed by atoms with van der Waals surface area (Å²) in [7, 11) is 5.37. The molecule has 0 radical (unpaired) electrons. The Morgan fingerprint density at radius 2 is 1.87 bits per heavy atom. The van der Waals surface area contributed by atoms with E-state index in [9.17, 15) is 4.79 Å². The number of halogens is 1. The third kappa shape index (κ3) is 4.13. The van der Waals surface area contributed by atoms with Gasteiger partial charge in [-0.15, -0.1) is 0 Å². The van der Waals surface area contributed by atoms with Crippen molar-refractivity contribution in [3.63, 3.8) is 0 Å². The number of nitrogens with one attached hydrogen (secondary N) is 2. The average molecular weight is 437 g/mol. The molecule has 2 N–H and O–H groups in total. The predicted molar refractivity (Wildman–Crippen MR) is 122 cm³/mol. The number of methoxy groups -OCH3 is 1. The predicted octanol–water partition coefficient (Wildman–Crippen LogP) is 4.68. The van der Waals surface area contributed by atoms with Crippen molar-refractivity contribution in [3.05, 3.63) is 71.4 Å². The summed E-state index contributed by atoms with van der Waals surface area (Å²) in [5.74, 6) is 1.37. The number of pyridine rings is 1. The summed E-state index contributed by atoms with van der Waals surface area (Å²) >= 11 is 6.56. The maximum absolute atomic E-state index is 12.7. The number of H-pyrrole nitrogens is 1. The van der Waals surface area contributed by atoms with Crippen molar-refractivity contribution in [1.29, 1.82) is 0 Å². The van der Waals surface area contributed by atoms with Crippen molar-refractivity contribution in [1.82, 2.24) is 15.4 Å². The van der Waals surface area contributed by atoms with Gasteiger partial charge in [0, 0.05) is 42.3 Å². The Kier molecular flexibility index (Phi) is 5.68. The first-order valence-electron chi connectivity index (χ1n) is 9.53. The lowest BCUT2D eigenvalue weighted by atomic mass is 10.0. The number of ether oxygens (including phenoxy) is 1. The van der Waals surface area contributed by atoms with Gasteiger partial charge in [0.05, 0.1) is 17.7 Å². The van der Waals surface area contributed by atoms with Crippen LogP contribution in [0.5, 0.6) is 11.6 Å². The maximum Gasteiger partial charge on any atom is 0.286 e. The van der Waals surface area contributed by atoms with Gasteiger partial charge in [-0.05, 0) is 36.4 Å². The summed E-state index contributed by atoms with van der Waals surface area (Å²) in [5, 5.41) is 1.21. The normalized spacial score (nSPS) is 10.7. The second-order valence-corrected chi connectivity index (χ2v) is 7.45. The van der Waals surface area contributed by atoms with Crippen molar-refractivity contribution in [2.45, 2.75) is 0 Å². The Labute approximate surface area is 184 Å². The monoisotopic (exact) mass is 436 g/mol. The molecule has 0 spiro atoms. The molecule has 8 heteroatoms. The fraction of sp³-hybridized carbons (Fsp3) is 0.130. The first kappa shape index (κ1) is 20.6. The van der Waals surface area contributed by atoms with E-state index in [2.05, 4.69) is 15.4 Å². The Morgan fingerprint density at radius 3 is 2.58 bits per heavy atom. The van der Waals surface area contributed by atoms with E-state index >= 15 is 0 Å². The van der Waals surface area contributed by atoms with Crippen molar-refractivity contribution in [2.24, 2.45) is 0 Å². The largest absolute Gasteiger partial charge is 0.480 e. The second-order valence-electron chi connectivity index (χ2n) is 7.05. The van der Waals surface area contributed by atoms with Crippen LogP contribution in [0, 0.1) is 0 Å². The standard InChI is InChI=1S/C23H21ClN4O3/c1-28(2)21-10-9-15(23(26-21)30-3)16-11-17-18(13-25-20(17)12-19(16)24)22(29)27-31-14-7-5-4-6-8-14/h4-13,25H,1-3H3,(H,27,29). The first-order chi connectivity index (χ1) is 15.0. The highest BCUT2D eigenvalue weighted by molar-refractivity contribution is 6.34. The molecule has 0 aliphatic rings. The van der Waals surface area contributed by atoms with Crippen LogP contribution in [0.2, 0.25) is 5.02 Å². The molecule has 7 nitrogen and oxygen atoms in total. The van der Waals surface area contributed by atoms with Crippen LogP contribution in [-0.2, 0) is 0 Å². The van der Waals surface area contributed by atoms with Crippen LogP contribution in [0.15, 0.2) is 60.8 Å². The van der Waals surface area contributed by atoms with E-state index in [1.165, 1.54) is 0 Å². The van der Waals surface area contributed by atoms with Crippen LogP contribution < -0.4 is 20.0 Å². The molecule has 0 saturated carbocycles. The molecular weight excluding hydrogens is 416 g/mol. The number of carbonyl (C=O) groups excluding carboxylic acids is 1. The Balaban J connectivity index is 1.70. The number of fused-ring (bicyclic) bond motifs is 1. The molecule has 31 heavy (non-hydrogen) atoms. The molecule has 1 amide bonds. The van der Waals surface area contributed by atoms with Crippen molar-refractivity contribution < 1.29 is 14.4 Å². The topological polar surface area (TPSA) is 79.5 Å². The molecular formula is C23H21ClN4O3. The van der Waals surface area contributed by atoms with E-state index in [-0.39, 0.29) is 5.91 Å². The Morgan fingerprint density at radius 1 is 1.10 bits per heavy atom. The van der Waals surface area contributed by atoms with Crippen LogP contribution >= 0.6 is 11.6 Å². The minimum absolute atomic E-state index is 0.378. The highest BCUT2D eigenvalue weighted by Gasteiger charge is 2.18. The highest BCUT2D eigenvalue weighted by atomic mass is 35.5. The van der Waals surface area contributed by atoms with Gasteiger partial charge < -0.3 is 19.5 Å². The van der Waals surface area contributed by atoms with Gasteiger partial charge in [-0.3, -0.25) is 4.79 Å². The van der Waals surface area contributed by atoms with Gasteiger partial charge >= 0.3 is 0 Å².